The second-order valence-electron chi connectivity index (χ2n) is 6.75. The van der Waals surface area contributed by atoms with Crippen LogP contribution in [-0.4, -0.2) is 23.0 Å². The van der Waals surface area contributed by atoms with Gasteiger partial charge in [0.1, 0.15) is 11.5 Å². The lowest BCUT2D eigenvalue weighted by Gasteiger charge is -2.33. The summed E-state index contributed by atoms with van der Waals surface area (Å²) in [5, 5.41) is 4.01. The molecular weight excluding hydrogens is 288 g/mol. The number of benzene rings is 1. The molecule has 0 spiro atoms. The molecule has 4 nitrogen and oxygen atoms in total. The fraction of sp³-hybridized carbons (Fsp3) is 0.474. The van der Waals surface area contributed by atoms with Gasteiger partial charge in [0.25, 0.3) is 0 Å². The lowest BCUT2D eigenvalue weighted by atomic mass is 9.77. The highest BCUT2D eigenvalue weighted by Crippen LogP contribution is 2.42. The van der Waals surface area contributed by atoms with Crippen molar-refractivity contribution in [3.05, 3.63) is 52.9 Å². The first-order valence-corrected chi connectivity index (χ1v) is 8.26. The Hall–Kier alpha value is -2.10. The molecule has 0 aliphatic heterocycles. The average Bonchev–Trinajstić information content (AvgIpc) is 3.16. The van der Waals surface area contributed by atoms with E-state index in [2.05, 4.69) is 36.3 Å². The Morgan fingerprint density at radius 3 is 2.61 bits per heavy atom. The molecule has 1 aliphatic rings. The molecule has 0 bridgehead atoms. The molecule has 1 aromatic carbocycles. The molecule has 0 unspecified atom stereocenters. The van der Waals surface area contributed by atoms with E-state index in [0.29, 0.717) is 6.54 Å². The van der Waals surface area contributed by atoms with Crippen molar-refractivity contribution in [1.29, 1.82) is 0 Å². The summed E-state index contributed by atoms with van der Waals surface area (Å²) in [6.45, 7) is 4.44. The van der Waals surface area contributed by atoms with E-state index < -0.39 is 0 Å². The number of carbonyl (C=O) groups is 1. The van der Waals surface area contributed by atoms with E-state index in [1.807, 2.05) is 20.0 Å². The van der Waals surface area contributed by atoms with Gasteiger partial charge in [-0.3, -0.25) is 4.79 Å². The van der Waals surface area contributed by atoms with E-state index in [0.717, 1.165) is 42.7 Å². The van der Waals surface area contributed by atoms with Gasteiger partial charge in [-0.25, -0.2) is 0 Å². The average molecular weight is 312 g/mol. The van der Waals surface area contributed by atoms with Crippen LogP contribution in [-0.2, 0) is 16.8 Å². The van der Waals surface area contributed by atoms with Crippen molar-refractivity contribution in [3.63, 3.8) is 0 Å². The van der Waals surface area contributed by atoms with E-state index in [1.54, 1.807) is 4.90 Å². The van der Waals surface area contributed by atoms with E-state index in [1.165, 1.54) is 5.56 Å². The van der Waals surface area contributed by atoms with Crippen LogP contribution in [0.5, 0.6) is 0 Å². The van der Waals surface area contributed by atoms with Crippen molar-refractivity contribution in [2.24, 2.45) is 0 Å². The van der Waals surface area contributed by atoms with Gasteiger partial charge < -0.3 is 9.42 Å². The highest BCUT2D eigenvalue weighted by Gasteiger charge is 2.44. The number of rotatable bonds is 4. The molecule has 0 atom stereocenters. The van der Waals surface area contributed by atoms with E-state index in [-0.39, 0.29) is 11.3 Å². The molecule has 0 radical (unpaired) electrons. The highest BCUT2D eigenvalue weighted by molar-refractivity contribution is 5.88. The Labute approximate surface area is 137 Å². The minimum Gasteiger partial charge on any atom is -0.361 e. The molecule has 23 heavy (non-hydrogen) atoms. The maximum atomic E-state index is 13.3. The number of nitrogens with zero attached hydrogens (tertiary/aromatic N) is 2. The minimum atomic E-state index is -0.375. The van der Waals surface area contributed by atoms with Crippen LogP contribution >= 0.6 is 0 Å². The van der Waals surface area contributed by atoms with Crippen LogP contribution < -0.4 is 0 Å². The van der Waals surface area contributed by atoms with Crippen LogP contribution in [0.3, 0.4) is 0 Å². The molecule has 1 aliphatic carbocycles. The van der Waals surface area contributed by atoms with Gasteiger partial charge in [-0.05, 0) is 32.3 Å². The van der Waals surface area contributed by atoms with Gasteiger partial charge in [0.15, 0.2) is 0 Å². The van der Waals surface area contributed by atoms with Crippen molar-refractivity contribution < 1.29 is 9.32 Å². The molecule has 122 valence electrons. The number of likely N-dealkylation sites (N-methyl/N-ethyl adjacent to an activating group) is 1. The monoisotopic (exact) mass is 312 g/mol. The van der Waals surface area contributed by atoms with E-state index >= 15 is 0 Å². The van der Waals surface area contributed by atoms with Gasteiger partial charge in [0, 0.05) is 13.1 Å². The molecule has 1 aromatic heterocycles. The first-order valence-electron chi connectivity index (χ1n) is 8.26. The summed E-state index contributed by atoms with van der Waals surface area (Å²) < 4.78 is 5.11. The molecule has 0 saturated heterocycles. The predicted octanol–water partition coefficient (Wildman–Crippen LogP) is 3.76. The first kappa shape index (κ1) is 15.8. The molecule has 2 aromatic rings. The second kappa shape index (κ2) is 6.19. The predicted molar refractivity (Wildman–Crippen MR) is 89.0 cm³/mol. The second-order valence-corrected chi connectivity index (χ2v) is 6.75. The zero-order valence-corrected chi connectivity index (χ0v) is 14.1. The lowest BCUT2D eigenvalue weighted by Crippen LogP contribution is -2.43. The summed E-state index contributed by atoms with van der Waals surface area (Å²) in [5.41, 5.74) is 2.79. The van der Waals surface area contributed by atoms with E-state index in [4.69, 9.17) is 4.52 Å². The van der Waals surface area contributed by atoms with Crippen LogP contribution in [0.15, 0.2) is 34.9 Å². The fourth-order valence-electron chi connectivity index (χ4n) is 3.72. The van der Waals surface area contributed by atoms with Crippen LogP contribution in [0.25, 0.3) is 0 Å². The van der Waals surface area contributed by atoms with E-state index in [9.17, 15) is 4.79 Å². The molecule has 1 amide bonds. The molecule has 4 heteroatoms. The van der Waals surface area contributed by atoms with Gasteiger partial charge >= 0.3 is 0 Å². The van der Waals surface area contributed by atoms with Crippen LogP contribution in [0, 0.1) is 13.8 Å². The van der Waals surface area contributed by atoms with Gasteiger partial charge in [-0.1, -0.05) is 47.8 Å². The Morgan fingerprint density at radius 1 is 1.26 bits per heavy atom. The van der Waals surface area contributed by atoms with Crippen molar-refractivity contribution in [1.82, 2.24) is 10.1 Å². The number of hydrogen-bond donors (Lipinski definition) is 0. The zero-order chi connectivity index (χ0) is 16.4. The molecule has 3 rings (SSSR count). The van der Waals surface area contributed by atoms with Gasteiger partial charge in [-0.2, -0.15) is 0 Å². The van der Waals surface area contributed by atoms with Crippen LogP contribution in [0.4, 0.5) is 0 Å². The minimum absolute atomic E-state index is 0.196. The summed E-state index contributed by atoms with van der Waals surface area (Å²) in [6.07, 6.45) is 4.07. The smallest absolute Gasteiger partial charge is 0.233 e. The number of aryl methyl sites for hydroxylation is 2. The summed E-state index contributed by atoms with van der Waals surface area (Å²) in [5.74, 6) is 0.969. The summed E-state index contributed by atoms with van der Waals surface area (Å²) in [6, 6.07) is 10.3. The standard InChI is InChI=1S/C19H24N2O2/c1-14-7-6-8-16(11-14)19(9-4-5-10-19)18(22)21(3)13-17-12-15(2)23-20-17/h6-8,11-12H,4-5,9-10,13H2,1-3H3. The quantitative estimate of drug-likeness (QED) is 0.863. The van der Waals surface area contributed by atoms with Gasteiger partial charge in [-0.15, -0.1) is 0 Å². The lowest BCUT2D eigenvalue weighted by molar-refractivity contribution is -0.136. The SMILES string of the molecule is Cc1cccc(C2(C(=O)N(C)Cc3cc(C)on3)CCCC2)c1. The number of carbonyl (C=O) groups excluding carboxylic acids is 1. The number of hydrogen-bond acceptors (Lipinski definition) is 3. The largest absolute Gasteiger partial charge is 0.361 e. The maximum Gasteiger partial charge on any atom is 0.233 e. The normalized spacial score (nSPS) is 16.5. The third-order valence-corrected chi connectivity index (χ3v) is 4.86. The Kier molecular flexibility index (Phi) is 4.24. The Morgan fingerprint density at radius 2 is 2.00 bits per heavy atom. The van der Waals surface area contributed by atoms with Crippen molar-refractivity contribution in [2.75, 3.05) is 7.05 Å². The maximum absolute atomic E-state index is 13.3. The van der Waals surface area contributed by atoms with Crippen molar-refractivity contribution in [2.45, 2.75) is 51.5 Å². The number of amides is 1. The van der Waals surface area contributed by atoms with Gasteiger partial charge in [0.2, 0.25) is 5.91 Å². The third kappa shape index (κ3) is 3.03. The van der Waals surface area contributed by atoms with Crippen LogP contribution in [0.1, 0.15) is 48.3 Å². The first-order chi connectivity index (χ1) is 11.0. The fourth-order valence-corrected chi connectivity index (χ4v) is 3.72. The summed E-state index contributed by atoms with van der Waals surface area (Å²) >= 11 is 0. The Balaban J connectivity index is 1.87. The highest BCUT2D eigenvalue weighted by atomic mass is 16.5. The summed E-state index contributed by atoms with van der Waals surface area (Å²) in [7, 11) is 1.86. The molecule has 1 heterocycles. The zero-order valence-electron chi connectivity index (χ0n) is 14.1. The van der Waals surface area contributed by atoms with Gasteiger partial charge in [0.05, 0.1) is 12.0 Å². The number of aromatic nitrogens is 1. The van der Waals surface area contributed by atoms with Crippen molar-refractivity contribution in [3.8, 4) is 0 Å². The van der Waals surface area contributed by atoms with Crippen LogP contribution in [0.2, 0.25) is 0 Å². The molecule has 1 fully saturated rings. The summed E-state index contributed by atoms with van der Waals surface area (Å²) in [4.78, 5) is 15.1. The Bertz CT molecular complexity index is 699. The molecule has 0 N–H and O–H groups in total. The topological polar surface area (TPSA) is 46.3 Å². The van der Waals surface area contributed by atoms with Crippen molar-refractivity contribution >= 4 is 5.91 Å². The molecular formula is C19H24N2O2. The molecule has 1 saturated carbocycles. The third-order valence-electron chi connectivity index (χ3n) is 4.86.